The van der Waals surface area contributed by atoms with Gasteiger partial charge in [0.15, 0.2) is 0 Å². The van der Waals surface area contributed by atoms with Gasteiger partial charge >= 0.3 is 0 Å². The molecule has 110 valence electrons. The standard InChI is InChI=1S/C15H23BrN4/c1-5-7-17-11(2)13-6-8-20(9-13)10-14-15(16)12(3)18-19(14)4/h6,8-9,11,17H,5,7,10H2,1-4H3. The van der Waals surface area contributed by atoms with Crippen LogP contribution in [0.3, 0.4) is 0 Å². The molecule has 2 heterocycles. The van der Waals surface area contributed by atoms with Crippen molar-refractivity contribution in [2.24, 2.45) is 7.05 Å². The molecule has 0 saturated heterocycles. The summed E-state index contributed by atoms with van der Waals surface area (Å²) < 4.78 is 5.26. The van der Waals surface area contributed by atoms with Crippen LogP contribution in [0.5, 0.6) is 0 Å². The Kier molecular flexibility index (Phi) is 5.05. The summed E-state index contributed by atoms with van der Waals surface area (Å²) in [5.74, 6) is 0. The first-order valence-corrected chi connectivity index (χ1v) is 7.89. The molecule has 1 unspecified atom stereocenters. The molecule has 20 heavy (non-hydrogen) atoms. The molecule has 0 radical (unpaired) electrons. The fraction of sp³-hybridized carbons (Fsp3) is 0.533. The van der Waals surface area contributed by atoms with Gasteiger partial charge in [0, 0.05) is 25.5 Å². The van der Waals surface area contributed by atoms with E-state index >= 15 is 0 Å². The Morgan fingerprint density at radius 3 is 2.80 bits per heavy atom. The Hall–Kier alpha value is -1.07. The van der Waals surface area contributed by atoms with Crippen LogP contribution in [0, 0.1) is 6.92 Å². The first-order valence-electron chi connectivity index (χ1n) is 7.10. The Labute approximate surface area is 129 Å². The Bertz CT molecular complexity index is 570. The van der Waals surface area contributed by atoms with Crippen LogP contribution >= 0.6 is 15.9 Å². The van der Waals surface area contributed by atoms with E-state index in [0.717, 1.165) is 29.7 Å². The molecule has 0 fully saturated rings. The average Bonchev–Trinajstić information content (AvgIpc) is 2.97. The summed E-state index contributed by atoms with van der Waals surface area (Å²) in [6.07, 6.45) is 5.50. The Balaban J connectivity index is 2.09. The van der Waals surface area contributed by atoms with Gasteiger partial charge in [-0.05, 0) is 54.4 Å². The number of aryl methyl sites for hydroxylation is 2. The summed E-state index contributed by atoms with van der Waals surface area (Å²) in [5.41, 5.74) is 3.56. The summed E-state index contributed by atoms with van der Waals surface area (Å²) in [6, 6.07) is 2.58. The maximum Gasteiger partial charge on any atom is 0.0739 e. The van der Waals surface area contributed by atoms with Crippen molar-refractivity contribution in [3.8, 4) is 0 Å². The zero-order chi connectivity index (χ0) is 14.7. The zero-order valence-electron chi connectivity index (χ0n) is 12.7. The average molecular weight is 339 g/mol. The lowest BCUT2D eigenvalue weighted by Crippen LogP contribution is -2.18. The molecular formula is C15H23BrN4. The van der Waals surface area contributed by atoms with Gasteiger partial charge in [0.2, 0.25) is 0 Å². The molecule has 1 atom stereocenters. The van der Waals surface area contributed by atoms with Crippen molar-refractivity contribution in [2.75, 3.05) is 6.54 Å². The summed E-state index contributed by atoms with van der Waals surface area (Å²) in [4.78, 5) is 0. The minimum absolute atomic E-state index is 0.396. The van der Waals surface area contributed by atoms with Crippen molar-refractivity contribution in [3.05, 3.63) is 39.9 Å². The molecule has 4 nitrogen and oxygen atoms in total. The van der Waals surface area contributed by atoms with Crippen molar-refractivity contribution in [2.45, 2.75) is 39.8 Å². The second-order valence-corrected chi connectivity index (χ2v) is 6.06. The number of hydrogen-bond acceptors (Lipinski definition) is 2. The highest BCUT2D eigenvalue weighted by molar-refractivity contribution is 9.10. The van der Waals surface area contributed by atoms with E-state index in [4.69, 9.17) is 0 Å². The molecule has 0 aliphatic rings. The smallest absolute Gasteiger partial charge is 0.0739 e. The molecule has 0 aliphatic heterocycles. The van der Waals surface area contributed by atoms with E-state index < -0.39 is 0 Å². The molecule has 2 aromatic heterocycles. The van der Waals surface area contributed by atoms with Crippen LogP contribution in [-0.2, 0) is 13.6 Å². The normalized spacial score (nSPS) is 12.8. The van der Waals surface area contributed by atoms with Crippen LogP contribution in [0.15, 0.2) is 22.9 Å². The zero-order valence-corrected chi connectivity index (χ0v) is 14.2. The van der Waals surface area contributed by atoms with Crippen molar-refractivity contribution < 1.29 is 0 Å². The molecule has 0 amide bonds. The monoisotopic (exact) mass is 338 g/mol. The van der Waals surface area contributed by atoms with Gasteiger partial charge in [-0.3, -0.25) is 4.68 Å². The lowest BCUT2D eigenvalue weighted by atomic mass is 10.2. The molecule has 0 spiro atoms. The molecule has 0 aliphatic carbocycles. The number of rotatable bonds is 6. The Morgan fingerprint density at radius 1 is 1.45 bits per heavy atom. The van der Waals surface area contributed by atoms with E-state index in [0.29, 0.717) is 6.04 Å². The van der Waals surface area contributed by atoms with Crippen LogP contribution in [0.4, 0.5) is 0 Å². The number of halogens is 1. The molecule has 0 bridgehead atoms. The lowest BCUT2D eigenvalue weighted by Gasteiger charge is -2.11. The highest BCUT2D eigenvalue weighted by Crippen LogP contribution is 2.22. The first-order chi connectivity index (χ1) is 9.52. The van der Waals surface area contributed by atoms with Gasteiger partial charge < -0.3 is 9.88 Å². The third-order valence-corrected chi connectivity index (χ3v) is 4.60. The van der Waals surface area contributed by atoms with E-state index in [1.165, 1.54) is 11.3 Å². The summed E-state index contributed by atoms with van der Waals surface area (Å²) in [7, 11) is 1.99. The van der Waals surface area contributed by atoms with E-state index in [9.17, 15) is 0 Å². The molecule has 2 rings (SSSR count). The largest absolute Gasteiger partial charge is 0.348 e. The minimum atomic E-state index is 0.396. The first kappa shape index (κ1) is 15.3. The van der Waals surface area contributed by atoms with Crippen LogP contribution < -0.4 is 5.32 Å². The van der Waals surface area contributed by atoms with Crippen molar-refractivity contribution in [1.82, 2.24) is 19.7 Å². The molecule has 0 aromatic carbocycles. The van der Waals surface area contributed by atoms with Crippen molar-refractivity contribution >= 4 is 15.9 Å². The fourth-order valence-corrected chi connectivity index (χ4v) is 2.78. The van der Waals surface area contributed by atoms with Gasteiger partial charge in [-0.15, -0.1) is 0 Å². The quantitative estimate of drug-likeness (QED) is 0.875. The van der Waals surface area contributed by atoms with E-state index in [-0.39, 0.29) is 0 Å². The minimum Gasteiger partial charge on any atom is -0.348 e. The SMILES string of the molecule is CCCNC(C)c1ccn(Cc2c(Br)c(C)nn2C)c1. The van der Waals surface area contributed by atoms with Gasteiger partial charge in [0.25, 0.3) is 0 Å². The fourth-order valence-electron chi connectivity index (χ4n) is 2.32. The Morgan fingerprint density at radius 2 is 2.20 bits per heavy atom. The number of nitrogens with zero attached hydrogens (tertiary/aromatic N) is 3. The summed E-state index contributed by atoms with van der Waals surface area (Å²) >= 11 is 3.62. The van der Waals surface area contributed by atoms with Gasteiger partial charge in [-0.1, -0.05) is 6.92 Å². The summed E-state index contributed by atoms with van der Waals surface area (Å²) in [5, 5.41) is 7.95. The van der Waals surface area contributed by atoms with Gasteiger partial charge in [0.1, 0.15) is 0 Å². The second-order valence-electron chi connectivity index (χ2n) is 5.26. The van der Waals surface area contributed by atoms with E-state index in [1.807, 2.05) is 18.7 Å². The highest BCUT2D eigenvalue weighted by atomic mass is 79.9. The molecule has 2 aromatic rings. The highest BCUT2D eigenvalue weighted by Gasteiger charge is 2.12. The predicted molar refractivity (Wildman–Crippen MR) is 85.9 cm³/mol. The second kappa shape index (κ2) is 6.59. The molecule has 0 saturated carbocycles. The van der Waals surface area contributed by atoms with Crippen LogP contribution in [0.2, 0.25) is 0 Å². The van der Waals surface area contributed by atoms with Gasteiger partial charge in [-0.2, -0.15) is 5.10 Å². The number of aromatic nitrogens is 3. The summed E-state index contributed by atoms with van der Waals surface area (Å²) in [6.45, 7) is 8.30. The van der Waals surface area contributed by atoms with Crippen molar-refractivity contribution in [1.29, 1.82) is 0 Å². The van der Waals surface area contributed by atoms with Gasteiger partial charge in [-0.25, -0.2) is 0 Å². The van der Waals surface area contributed by atoms with Crippen molar-refractivity contribution in [3.63, 3.8) is 0 Å². The molecule has 5 heteroatoms. The molecular weight excluding hydrogens is 316 g/mol. The third kappa shape index (κ3) is 3.33. The van der Waals surface area contributed by atoms with E-state index in [1.54, 1.807) is 0 Å². The number of hydrogen-bond donors (Lipinski definition) is 1. The van der Waals surface area contributed by atoms with Gasteiger partial charge in [0.05, 0.1) is 22.4 Å². The van der Waals surface area contributed by atoms with Crippen LogP contribution in [0.25, 0.3) is 0 Å². The maximum absolute atomic E-state index is 4.43. The maximum atomic E-state index is 4.43. The van der Waals surface area contributed by atoms with Crippen LogP contribution in [0.1, 0.15) is 43.3 Å². The predicted octanol–water partition coefficient (Wildman–Crippen LogP) is 3.40. The third-order valence-electron chi connectivity index (χ3n) is 3.57. The number of nitrogens with one attached hydrogen (secondary N) is 1. The lowest BCUT2D eigenvalue weighted by molar-refractivity contribution is 0.569. The molecule has 1 N–H and O–H groups in total. The van der Waals surface area contributed by atoms with E-state index in [2.05, 4.69) is 63.2 Å². The van der Waals surface area contributed by atoms with Crippen LogP contribution in [-0.4, -0.2) is 20.9 Å². The topological polar surface area (TPSA) is 34.8 Å².